The fourth-order valence-electron chi connectivity index (χ4n) is 0.877. The van der Waals surface area contributed by atoms with Crippen molar-refractivity contribution in [3.05, 3.63) is 31.3 Å². The summed E-state index contributed by atoms with van der Waals surface area (Å²) in [5.74, 6) is -0.885. The lowest BCUT2D eigenvalue weighted by Gasteiger charge is -2.02. The molecule has 0 spiro atoms. The van der Waals surface area contributed by atoms with E-state index in [-0.39, 0.29) is 0 Å². The highest BCUT2D eigenvalue weighted by molar-refractivity contribution is 14.1. The van der Waals surface area contributed by atoms with Crippen LogP contribution in [0, 0.1) is 10.5 Å². The summed E-state index contributed by atoms with van der Waals surface area (Å²) in [6.07, 6.45) is 0. The highest BCUT2D eigenvalue weighted by Gasteiger charge is 2.09. The summed E-state index contributed by atoms with van der Waals surface area (Å²) in [5, 5.41) is 8.76. The molecule has 12 heavy (non-hydrogen) atoms. The normalized spacial score (nSPS) is 9.92. The molecule has 0 fully saturated rings. The molecule has 0 saturated heterocycles. The zero-order valence-electron chi connectivity index (χ0n) is 6.27. The van der Waals surface area contributed by atoms with E-state index in [4.69, 9.17) is 5.11 Å². The van der Waals surface area contributed by atoms with Crippen molar-refractivity contribution in [3.63, 3.8) is 0 Å². The van der Waals surface area contributed by atoms with Crippen LogP contribution in [-0.2, 0) is 0 Å². The molecule has 0 bridgehead atoms. The Balaban J connectivity index is 3.33. The number of carboxylic acid groups (broad SMARTS) is 1. The third-order valence-corrected chi connectivity index (χ3v) is 3.79. The average Bonchev–Trinajstić information content (AvgIpc) is 1.96. The average molecular weight is 341 g/mol. The van der Waals surface area contributed by atoms with Crippen LogP contribution in [0.25, 0.3) is 0 Å². The molecule has 4 heteroatoms. The number of carboxylic acids is 1. The van der Waals surface area contributed by atoms with Gasteiger partial charge in [0.25, 0.3) is 0 Å². The molecular weight excluding hydrogens is 335 g/mol. The molecule has 1 aromatic rings. The van der Waals surface area contributed by atoms with Crippen molar-refractivity contribution in [2.24, 2.45) is 0 Å². The van der Waals surface area contributed by atoms with Crippen LogP contribution in [-0.4, -0.2) is 11.1 Å². The van der Waals surface area contributed by atoms with Crippen molar-refractivity contribution in [2.45, 2.75) is 6.92 Å². The van der Waals surface area contributed by atoms with Gasteiger partial charge in [0.1, 0.15) is 0 Å². The van der Waals surface area contributed by atoms with Gasteiger partial charge in [-0.05, 0) is 63.1 Å². The Kier molecular flexibility index (Phi) is 3.11. The van der Waals surface area contributed by atoms with Crippen LogP contribution in [0.4, 0.5) is 0 Å². The maximum atomic E-state index is 10.7. The molecular formula is C8H6BrIO2. The van der Waals surface area contributed by atoms with Crippen LogP contribution in [0.2, 0.25) is 0 Å². The van der Waals surface area contributed by atoms with E-state index in [1.807, 2.05) is 6.07 Å². The quantitative estimate of drug-likeness (QED) is 0.798. The lowest BCUT2D eigenvalue weighted by atomic mass is 10.1. The van der Waals surface area contributed by atoms with Gasteiger partial charge in [-0.25, -0.2) is 4.79 Å². The topological polar surface area (TPSA) is 37.3 Å². The Morgan fingerprint density at radius 1 is 1.58 bits per heavy atom. The predicted molar refractivity (Wildman–Crippen MR) is 58.6 cm³/mol. The molecule has 1 aromatic carbocycles. The van der Waals surface area contributed by atoms with E-state index >= 15 is 0 Å². The van der Waals surface area contributed by atoms with Gasteiger partial charge >= 0.3 is 5.97 Å². The van der Waals surface area contributed by atoms with Gasteiger partial charge in [-0.15, -0.1) is 0 Å². The lowest BCUT2D eigenvalue weighted by Crippen LogP contribution is -2.00. The van der Waals surface area contributed by atoms with Gasteiger partial charge < -0.3 is 5.11 Å². The van der Waals surface area contributed by atoms with Crippen molar-refractivity contribution >= 4 is 44.5 Å². The smallest absolute Gasteiger partial charge is 0.335 e. The zero-order valence-corrected chi connectivity index (χ0v) is 10.0. The van der Waals surface area contributed by atoms with Gasteiger partial charge in [0.05, 0.1) is 5.56 Å². The van der Waals surface area contributed by atoms with Crippen LogP contribution < -0.4 is 0 Å². The summed E-state index contributed by atoms with van der Waals surface area (Å²) in [6, 6.07) is 3.47. The van der Waals surface area contributed by atoms with E-state index in [1.54, 1.807) is 13.0 Å². The summed E-state index contributed by atoms with van der Waals surface area (Å²) < 4.78 is 1.85. The van der Waals surface area contributed by atoms with Gasteiger partial charge in [-0.3, -0.25) is 0 Å². The monoisotopic (exact) mass is 340 g/mol. The van der Waals surface area contributed by atoms with Crippen LogP contribution in [0.1, 0.15) is 15.9 Å². The maximum Gasteiger partial charge on any atom is 0.335 e. The summed E-state index contributed by atoms with van der Waals surface area (Å²) in [4.78, 5) is 10.7. The van der Waals surface area contributed by atoms with Crippen molar-refractivity contribution in [1.82, 2.24) is 0 Å². The first kappa shape index (κ1) is 9.98. The third-order valence-electron chi connectivity index (χ3n) is 1.50. The molecule has 0 aliphatic heterocycles. The highest BCUT2D eigenvalue weighted by Crippen LogP contribution is 2.23. The van der Waals surface area contributed by atoms with Crippen molar-refractivity contribution < 1.29 is 9.90 Å². The van der Waals surface area contributed by atoms with E-state index in [0.717, 1.165) is 13.6 Å². The molecule has 0 aliphatic carbocycles. The molecule has 2 nitrogen and oxygen atoms in total. The van der Waals surface area contributed by atoms with E-state index in [1.165, 1.54) is 0 Å². The first-order valence-electron chi connectivity index (χ1n) is 3.21. The first-order valence-corrected chi connectivity index (χ1v) is 5.08. The molecule has 0 atom stereocenters. The number of halogens is 2. The number of aromatic carboxylic acids is 1. The summed E-state index contributed by atoms with van der Waals surface area (Å²) >= 11 is 5.43. The van der Waals surface area contributed by atoms with E-state index < -0.39 is 5.97 Å². The SMILES string of the molecule is Cc1cc(I)c(Br)cc1C(=O)O. The Morgan fingerprint density at radius 3 is 2.67 bits per heavy atom. The fourth-order valence-corrected chi connectivity index (χ4v) is 1.84. The minimum absolute atomic E-state index is 0.349. The van der Waals surface area contributed by atoms with Gasteiger partial charge in [0.15, 0.2) is 0 Å². The molecule has 0 radical (unpaired) electrons. The first-order chi connectivity index (χ1) is 5.52. The molecule has 1 N–H and O–H groups in total. The van der Waals surface area contributed by atoms with Gasteiger partial charge in [0.2, 0.25) is 0 Å². The molecule has 0 saturated carbocycles. The van der Waals surface area contributed by atoms with E-state index in [9.17, 15) is 4.79 Å². The molecule has 0 unspecified atom stereocenters. The third kappa shape index (κ3) is 1.98. The van der Waals surface area contributed by atoms with Gasteiger partial charge in [-0.1, -0.05) is 0 Å². The number of benzene rings is 1. The van der Waals surface area contributed by atoms with Gasteiger partial charge in [-0.2, -0.15) is 0 Å². The Labute approximate surface area is 92.2 Å². The summed E-state index contributed by atoms with van der Waals surface area (Å²) in [6.45, 7) is 1.79. The fraction of sp³-hybridized carbons (Fsp3) is 0.125. The summed E-state index contributed by atoms with van der Waals surface area (Å²) in [5.41, 5.74) is 1.14. The second-order valence-corrected chi connectivity index (χ2v) is 4.40. The number of rotatable bonds is 1. The molecule has 64 valence electrons. The summed E-state index contributed by atoms with van der Waals surface area (Å²) in [7, 11) is 0. The van der Waals surface area contributed by atoms with Crippen LogP contribution >= 0.6 is 38.5 Å². The second-order valence-electron chi connectivity index (χ2n) is 2.39. The Morgan fingerprint density at radius 2 is 2.17 bits per heavy atom. The molecule has 0 aliphatic rings. The van der Waals surface area contributed by atoms with Gasteiger partial charge in [0, 0.05) is 8.04 Å². The Hall–Kier alpha value is -0.100. The standard InChI is InChI=1S/C8H6BrIO2/c1-4-2-7(10)6(9)3-5(4)8(11)12/h2-3H,1H3,(H,11,12). The van der Waals surface area contributed by atoms with Crippen molar-refractivity contribution in [1.29, 1.82) is 0 Å². The number of hydrogen-bond acceptors (Lipinski definition) is 1. The second kappa shape index (κ2) is 3.74. The Bertz CT molecular complexity index is 336. The molecule has 0 aromatic heterocycles. The largest absolute Gasteiger partial charge is 0.478 e. The zero-order chi connectivity index (χ0) is 9.30. The lowest BCUT2D eigenvalue weighted by molar-refractivity contribution is 0.0696. The van der Waals surface area contributed by atoms with E-state index in [0.29, 0.717) is 5.56 Å². The maximum absolute atomic E-state index is 10.7. The minimum Gasteiger partial charge on any atom is -0.478 e. The van der Waals surface area contributed by atoms with E-state index in [2.05, 4.69) is 38.5 Å². The number of aryl methyl sites for hydroxylation is 1. The number of carbonyl (C=O) groups is 1. The minimum atomic E-state index is -0.885. The molecule has 0 amide bonds. The molecule has 0 heterocycles. The van der Waals surface area contributed by atoms with Crippen molar-refractivity contribution in [3.8, 4) is 0 Å². The van der Waals surface area contributed by atoms with Crippen LogP contribution in [0.3, 0.4) is 0 Å². The number of hydrogen-bond donors (Lipinski definition) is 1. The van der Waals surface area contributed by atoms with Crippen molar-refractivity contribution in [2.75, 3.05) is 0 Å². The van der Waals surface area contributed by atoms with Crippen LogP contribution in [0.5, 0.6) is 0 Å². The highest BCUT2D eigenvalue weighted by atomic mass is 127. The van der Waals surface area contributed by atoms with Crippen LogP contribution in [0.15, 0.2) is 16.6 Å². The molecule has 1 rings (SSSR count). The predicted octanol–water partition coefficient (Wildman–Crippen LogP) is 3.06.